The van der Waals surface area contributed by atoms with Crippen LogP contribution in [-0.4, -0.2) is 22.0 Å². The van der Waals surface area contributed by atoms with Crippen LogP contribution in [0.5, 0.6) is 0 Å². The second-order valence-electron chi connectivity index (χ2n) is 6.21. The number of hydrogen-bond acceptors (Lipinski definition) is 4. The Hall–Kier alpha value is -2.63. The van der Waals surface area contributed by atoms with Crippen molar-refractivity contribution in [2.75, 3.05) is 5.32 Å². The zero-order chi connectivity index (χ0) is 17.9. The molecule has 0 radical (unpaired) electrons. The molecule has 0 fully saturated rings. The second-order valence-corrected chi connectivity index (χ2v) is 6.21. The van der Waals surface area contributed by atoms with Crippen LogP contribution in [-0.2, 0) is 11.2 Å². The van der Waals surface area contributed by atoms with Crippen LogP contribution in [0.1, 0.15) is 54.4 Å². The molecule has 0 aliphatic carbocycles. The van der Waals surface area contributed by atoms with Crippen LogP contribution in [0, 0.1) is 12.8 Å². The van der Waals surface area contributed by atoms with Gasteiger partial charge in [-0.3, -0.25) is 9.59 Å². The molecular formula is C18H22N2O4. The molecule has 6 nitrogen and oxygen atoms in total. The number of carbonyl (C=O) groups is 2. The summed E-state index contributed by atoms with van der Waals surface area (Å²) in [6, 6.07) is 7.12. The summed E-state index contributed by atoms with van der Waals surface area (Å²) < 4.78 is 5.49. The van der Waals surface area contributed by atoms with Crippen LogP contribution in [0.25, 0.3) is 0 Å². The summed E-state index contributed by atoms with van der Waals surface area (Å²) in [5.74, 6) is -0.457. The number of aromatic nitrogens is 1. The molecule has 1 aromatic carbocycles. The Kier molecular flexibility index (Phi) is 5.39. The predicted molar refractivity (Wildman–Crippen MR) is 90.2 cm³/mol. The third-order valence-corrected chi connectivity index (χ3v) is 3.70. The van der Waals surface area contributed by atoms with Gasteiger partial charge in [-0.25, -0.2) is 4.98 Å². The lowest BCUT2D eigenvalue weighted by Crippen LogP contribution is -2.14. The van der Waals surface area contributed by atoms with Crippen molar-refractivity contribution < 1.29 is 19.1 Å². The van der Waals surface area contributed by atoms with Crippen molar-refractivity contribution in [1.82, 2.24) is 4.98 Å². The smallest absolute Gasteiger partial charge is 0.306 e. The van der Waals surface area contributed by atoms with Crippen LogP contribution in [0.15, 0.2) is 28.7 Å². The number of oxazole rings is 1. The minimum absolute atomic E-state index is 0.112. The van der Waals surface area contributed by atoms with Gasteiger partial charge in [0, 0.05) is 11.6 Å². The fourth-order valence-electron chi connectivity index (χ4n) is 2.23. The Morgan fingerprint density at radius 2 is 1.83 bits per heavy atom. The molecule has 0 saturated heterocycles. The van der Waals surface area contributed by atoms with E-state index in [1.807, 2.05) is 26.0 Å². The fourth-order valence-corrected chi connectivity index (χ4v) is 2.23. The Balaban J connectivity index is 2.05. The molecule has 0 saturated carbocycles. The van der Waals surface area contributed by atoms with Gasteiger partial charge in [0.2, 0.25) is 0 Å². The van der Waals surface area contributed by atoms with Gasteiger partial charge in [0.15, 0.2) is 11.6 Å². The van der Waals surface area contributed by atoms with Crippen LogP contribution < -0.4 is 5.32 Å². The van der Waals surface area contributed by atoms with Crippen LogP contribution in [0.2, 0.25) is 0 Å². The normalized spacial score (nSPS) is 12.2. The SMILES string of the molecule is Cc1oc(C(C)C)nc1C(=O)Nc1ccc(CC(C)C(=O)O)cc1. The first-order valence-corrected chi connectivity index (χ1v) is 7.88. The number of nitrogens with zero attached hydrogens (tertiary/aromatic N) is 1. The maximum absolute atomic E-state index is 12.3. The zero-order valence-corrected chi connectivity index (χ0v) is 14.3. The molecule has 2 aromatic rings. The van der Waals surface area contributed by atoms with Crippen molar-refractivity contribution in [2.45, 2.75) is 40.0 Å². The molecule has 1 aromatic heterocycles. The van der Waals surface area contributed by atoms with Crippen molar-refractivity contribution in [1.29, 1.82) is 0 Å². The third-order valence-electron chi connectivity index (χ3n) is 3.70. The number of carbonyl (C=O) groups excluding carboxylic acids is 1. The third kappa shape index (κ3) is 4.22. The lowest BCUT2D eigenvalue weighted by Gasteiger charge is -2.08. The zero-order valence-electron chi connectivity index (χ0n) is 14.3. The highest BCUT2D eigenvalue weighted by molar-refractivity contribution is 6.03. The first kappa shape index (κ1) is 17.7. The molecule has 0 spiro atoms. The first-order valence-electron chi connectivity index (χ1n) is 7.88. The van der Waals surface area contributed by atoms with Gasteiger partial charge in [0.25, 0.3) is 5.91 Å². The Morgan fingerprint density at radius 3 is 2.33 bits per heavy atom. The van der Waals surface area contributed by atoms with Gasteiger partial charge < -0.3 is 14.8 Å². The van der Waals surface area contributed by atoms with E-state index in [1.165, 1.54) is 0 Å². The average Bonchev–Trinajstić information content (AvgIpc) is 2.91. The number of carboxylic acid groups (broad SMARTS) is 1. The van der Waals surface area contributed by atoms with E-state index in [9.17, 15) is 9.59 Å². The van der Waals surface area contributed by atoms with Gasteiger partial charge in [-0.15, -0.1) is 0 Å². The van der Waals surface area contributed by atoms with Gasteiger partial charge in [-0.2, -0.15) is 0 Å². The van der Waals surface area contributed by atoms with E-state index >= 15 is 0 Å². The van der Waals surface area contributed by atoms with E-state index in [0.29, 0.717) is 23.8 Å². The van der Waals surface area contributed by atoms with Gasteiger partial charge in [-0.1, -0.05) is 32.9 Å². The summed E-state index contributed by atoms with van der Waals surface area (Å²) in [6.45, 7) is 7.27. The molecule has 128 valence electrons. The number of hydrogen-bond donors (Lipinski definition) is 2. The minimum Gasteiger partial charge on any atom is -0.481 e. The summed E-state index contributed by atoms with van der Waals surface area (Å²) in [5, 5.41) is 11.7. The van der Waals surface area contributed by atoms with E-state index < -0.39 is 11.9 Å². The maximum Gasteiger partial charge on any atom is 0.306 e. The molecule has 1 unspecified atom stereocenters. The lowest BCUT2D eigenvalue weighted by molar-refractivity contribution is -0.141. The Labute approximate surface area is 140 Å². The predicted octanol–water partition coefficient (Wildman–Crippen LogP) is 3.62. The standard InChI is InChI=1S/C18H22N2O4/c1-10(2)17-20-15(12(4)24-17)16(21)19-14-7-5-13(6-8-14)9-11(3)18(22)23/h5-8,10-11H,9H2,1-4H3,(H,19,21)(H,22,23). The Morgan fingerprint density at radius 1 is 1.21 bits per heavy atom. The highest BCUT2D eigenvalue weighted by Gasteiger charge is 2.19. The largest absolute Gasteiger partial charge is 0.481 e. The van der Waals surface area contributed by atoms with Crippen molar-refractivity contribution in [3.8, 4) is 0 Å². The summed E-state index contributed by atoms with van der Waals surface area (Å²) in [4.78, 5) is 27.4. The summed E-state index contributed by atoms with van der Waals surface area (Å²) in [7, 11) is 0. The van der Waals surface area contributed by atoms with Gasteiger partial charge in [-0.05, 0) is 31.0 Å². The molecule has 6 heteroatoms. The number of amides is 1. The second kappa shape index (κ2) is 7.29. The van der Waals surface area contributed by atoms with E-state index in [1.54, 1.807) is 26.0 Å². The van der Waals surface area contributed by atoms with Crippen molar-refractivity contribution >= 4 is 17.6 Å². The molecule has 0 bridgehead atoms. The number of nitrogens with one attached hydrogen (secondary N) is 1. The number of carboxylic acids is 1. The molecule has 2 N–H and O–H groups in total. The van der Waals surface area contributed by atoms with E-state index in [4.69, 9.17) is 9.52 Å². The van der Waals surface area contributed by atoms with Crippen LogP contribution >= 0.6 is 0 Å². The fraction of sp³-hybridized carbons (Fsp3) is 0.389. The summed E-state index contributed by atoms with van der Waals surface area (Å²) in [5.41, 5.74) is 1.81. The van der Waals surface area contributed by atoms with Crippen LogP contribution in [0.3, 0.4) is 0 Å². The maximum atomic E-state index is 12.3. The molecule has 1 amide bonds. The Bertz CT molecular complexity index is 732. The molecule has 0 aliphatic rings. The van der Waals surface area contributed by atoms with Gasteiger partial charge in [0.05, 0.1) is 5.92 Å². The van der Waals surface area contributed by atoms with E-state index in [-0.39, 0.29) is 17.5 Å². The number of rotatable bonds is 6. The number of anilines is 1. The average molecular weight is 330 g/mol. The molecule has 0 aliphatic heterocycles. The van der Waals surface area contributed by atoms with Gasteiger partial charge >= 0.3 is 5.97 Å². The van der Waals surface area contributed by atoms with Crippen molar-refractivity contribution in [3.63, 3.8) is 0 Å². The highest BCUT2D eigenvalue weighted by Crippen LogP contribution is 2.19. The molecule has 1 atom stereocenters. The number of benzene rings is 1. The molecule has 24 heavy (non-hydrogen) atoms. The molecular weight excluding hydrogens is 308 g/mol. The summed E-state index contributed by atoms with van der Waals surface area (Å²) >= 11 is 0. The minimum atomic E-state index is -0.824. The lowest BCUT2D eigenvalue weighted by atomic mass is 10.0. The highest BCUT2D eigenvalue weighted by atomic mass is 16.4. The van der Waals surface area contributed by atoms with Gasteiger partial charge in [0.1, 0.15) is 5.76 Å². The van der Waals surface area contributed by atoms with E-state index in [0.717, 1.165) is 5.56 Å². The molecule has 2 rings (SSSR count). The monoisotopic (exact) mass is 330 g/mol. The summed E-state index contributed by atoms with van der Waals surface area (Å²) in [6.07, 6.45) is 0.448. The van der Waals surface area contributed by atoms with Crippen LogP contribution in [0.4, 0.5) is 5.69 Å². The number of aryl methyl sites for hydroxylation is 1. The van der Waals surface area contributed by atoms with E-state index in [2.05, 4.69) is 10.3 Å². The van der Waals surface area contributed by atoms with Crippen molar-refractivity contribution in [2.24, 2.45) is 5.92 Å². The topological polar surface area (TPSA) is 92.4 Å². The quantitative estimate of drug-likeness (QED) is 0.844. The first-order chi connectivity index (χ1) is 11.3. The molecule has 1 heterocycles. The van der Waals surface area contributed by atoms with Crippen molar-refractivity contribution in [3.05, 3.63) is 47.2 Å². The number of aliphatic carboxylic acids is 1.